The Morgan fingerprint density at radius 3 is 2.81 bits per heavy atom. The Bertz CT molecular complexity index is 329. The second kappa shape index (κ2) is 6.23. The van der Waals surface area contributed by atoms with Gasteiger partial charge in [0, 0.05) is 24.9 Å². The Labute approximate surface area is 96.7 Å². The molecule has 0 saturated carbocycles. The predicted molar refractivity (Wildman–Crippen MR) is 67.0 cm³/mol. The lowest BCUT2D eigenvalue weighted by atomic mass is 10.2. The molecule has 4 nitrogen and oxygen atoms in total. The van der Waals surface area contributed by atoms with Crippen LogP contribution in [0.1, 0.15) is 13.8 Å². The minimum Gasteiger partial charge on any atom is -0.492 e. The molecule has 16 heavy (non-hydrogen) atoms. The van der Waals surface area contributed by atoms with Crippen molar-refractivity contribution in [2.24, 2.45) is 0 Å². The molecule has 1 aromatic carbocycles. The number of ether oxygens (including phenoxy) is 2. The maximum Gasteiger partial charge on any atom is 0.144 e. The molecule has 1 aromatic rings. The predicted octanol–water partition coefficient (Wildman–Crippen LogP) is 2.11. The van der Waals surface area contributed by atoms with Gasteiger partial charge in [0.15, 0.2) is 0 Å². The number of hydrogen-bond acceptors (Lipinski definition) is 4. The minimum absolute atomic E-state index is 0.253. The van der Waals surface area contributed by atoms with Crippen LogP contribution in [-0.2, 0) is 4.74 Å². The molecule has 3 N–H and O–H groups in total. The first-order valence-corrected chi connectivity index (χ1v) is 5.45. The van der Waals surface area contributed by atoms with Gasteiger partial charge < -0.3 is 20.5 Å². The Kier molecular flexibility index (Phi) is 4.92. The summed E-state index contributed by atoms with van der Waals surface area (Å²) in [5.74, 6) is 0.720. The molecule has 0 aliphatic heterocycles. The third-order valence-electron chi connectivity index (χ3n) is 2.14. The van der Waals surface area contributed by atoms with Crippen LogP contribution < -0.4 is 15.8 Å². The summed E-state index contributed by atoms with van der Waals surface area (Å²) in [6.07, 6.45) is 0. The van der Waals surface area contributed by atoms with E-state index in [1.54, 1.807) is 7.11 Å². The van der Waals surface area contributed by atoms with Crippen molar-refractivity contribution in [2.45, 2.75) is 19.9 Å². The van der Waals surface area contributed by atoms with Crippen molar-refractivity contribution < 1.29 is 9.47 Å². The number of hydrogen-bond donors (Lipinski definition) is 2. The first kappa shape index (κ1) is 12.6. The van der Waals surface area contributed by atoms with Gasteiger partial charge in [0.1, 0.15) is 5.75 Å². The van der Waals surface area contributed by atoms with Crippen LogP contribution in [0.3, 0.4) is 0 Å². The number of rotatable bonds is 6. The van der Waals surface area contributed by atoms with Gasteiger partial charge in [0.2, 0.25) is 0 Å². The van der Waals surface area contributed by atoms with Crippen LogP contribution in [0.4, 0.5) is 11.4 Å². The number of anilines is 2. The summed E-state index contributed by atoms with van der Waals surface area (Å²) in [6.45, 7) is 5.27. The van der Waals surface area contributed by atoms with E-state index in [1.165, 1.54) is 0 Å². The van der Waals surface area contributed by atoms with E-state index in [9.17, 15) is 0 Å². The van der Waals surface area contributed by atoms with Crippen molar-refractivity contribution in [3.63, 3.8) is 0 Å². The van der Waals surface area contributed by atoms with Gasteiger partial charge in [-0.2, -0.15) is 0 Å². The summed E-state index contributed by atoms with van der Waals surface area (Å²) >= 11 is 0. The number of benzene rings is 1. The van der Waals surface area contributed by atoms with E-state index in [4.69, 9.17) is 15.2 Å². The van der Waals surface area contributed by atoms with Crippen molar-refractivity contribution in [3.8, 4) is 5.75 Å². The van der Waals surface area contributed by atoms with Crippen molar-refractivity contribution in [1.82, 2.24) is 0 Å². The van der Waals surface area contributed by atoms with Crippen LogP contribution in [0.15, 0.2) is 18.2 Å². The molecule has 0 aliphatic carbocycles. The normalized spacial score (nSPS) is 12.2. The van der Waals surface area contributed by atoms with Crippen LogP contribution >= 0.6 is 0 Å². The van der Waals surface area contributed by atoms with E-state index < -0.39 is 0 Å². The maximum absolute atomic E-state index is 5.79. The van der Waals surface area contributed by atoms with Crippen LogP contribution in [0, 0.1) is 0 Å². The van der Waals surface area contributed by atoms with Gasteiger partial charge in [0.25, 0.3) is 0 Å². The first-order valence-electron chi connectivity index (χ1n) is 5.45. The van der Waals surface area contributed by atoms with Crippen molar-refractivity contribution >= 4 is 11.4 Å². The van der Waals surface area contributed by atoms with E-state index >= 15 is 0 Å². The van der Waals surface area contributed by atoms with Crippen molar-refractivity contribution in [3.05, 3.63) is 18.2 Å². The third kappa shape index (κ3) is 3.62. The molecular weight excluding hydrogens is 204 g/mol. The zero-order chi connectivity index (χ0) is 12.0. The molecule has 1 atom stereocenters. The highest BCUT2D eigenvalue weighted by Crippen LogP contribution is 2.25. The molecule has 0 saturated heterocycles. The lowest BCUT2D eigenvalue weighted by molar-refractivity contribution is 0.190. The topological polar surface area (TPSA) is 56.5 Å². The molecule has 0 aromatic heterocycles. The molecule has 0 fully saturated rings. The van der Waals surface area contributed by atoms with Gasteiger partial charge in [-0.25, -0.2) is 0 Å². The van der Waals surface area contributed by atoms with Gasteiger partial charge in [-0.1, -0.05) is 0 Å². The highest BCUT2D eigenvalue weighted by Gasteiger charge is 2.04. The van der Waals surface area contributed by atoms with Crippen LogP contribution in [0.25, 0.3) is 0 Å². The van der Waals surface area contributed by atoms with Crippen LogP contribution in [-0.4, -0.2) is 26.4 Å². The lowest BCUT2D eigenvalue weighted by Gasteiger charge is -2.15. The SMILES string of the molecule is CCOc1cc(NC(C)COC)ccc1N. The zero-order valence-electron chi connectivity index (χ0n) is 10.1. The van der Waals surface area contributed by atoms with Crippen molar-refractivity contribution in [1.29, 1.82) is 0 Å². The van der Waals surface area contributed by atoms with Gasteiger partial charge in [0.05, 0.1) is 18.9 Å². The Balaban J connectivity index is 2.70. The molecule has 0 aliphatic rings. The average Bonchev–Trinajstić information content (AvgIpc) is 2.24. The molecule has 0 amide bonds. The third-order valence-corrected chi connectivity index (χ3v) is 2.14. The zero-order valence-corrected chi connectivity index (χ0v) is 10.1. The summed E-state index contributed by atoms with van der Waals surface area (Å²) in [5, 5.41) is 3.31. The monoisotopic (exact) mass is 224 g/mol. The van der Waals surface area contributed by atoms with Gasteiger partial charge in [-0.05, 0) is 26.0 Å². The molecule has 0 radical (unpaired) electrons. The Morgan fingerprint density at radius 2 is 2.19 bits per heavy atom. The number of nitrogen functional groups attached to an aromatic ring is 1. The molecule has 1 unspecified atom stereocenters. The first-order chi connectivity index (χ1) is 7.67. The molecule has 0 heterocycles. The smallest absolute Gasteiger partial charge is 0.144 e. The molecule has 0 spiro atoms. The number of nitrogens with one attached hydrogen (secondary N) is 1. The van der Waals surface area contributed by atoms with Crippen LogP contribution in [0.2, 0.25) is 0 Å². The molecular formula is C12H20N2O2. The Hall–Kier alpha value is -1.42. The summed E-state index contributed by atoms with van der Waals surface area (Å²) in [7, 11) is 1.69. The summed E-state index contributed by atoms with van der Waals surface area (Å²) in [6, 6.07) is 5.94. The van der Waals surface area contributed by atoms with E-state index in [0.717, 1.165) is 11.4 Å². The maximum atomic E-state index is 5.79. The fourth-order valence-corrected chi connectivity index (χ4v) is 1.48. The van der Waals surface area contributed by atoms with E-state index in [-0.39, 0.29) is 6.04 Å². The number of methoxy groups -OCH3 is 1. The van der Waals surface area contributed by atoms with Gasteiger partial charge >= 0.3 is 0 Å². The van der Waals surface area contributed by atoms with E-state index in [1.807, 2.05) is 25.1 Å². The standard InChI is InChI=1S/C12H20N2O2/c1-4-16-12-7-10(5-6-11(12)13)14-9(2)8-15-3/h5-7,9,14H,4,8,13H2,1-3H3. The van der Waals surface area contributed by atoms with Gasteiger partial charge in [-0.3, -0.25) is 0 Å². The molecule has 1 rings (SSSR count). The highest BCUT2D eigenvalue weighted by molar-refractivity contribution is 5.61. The van der Waals surface area contributed by atoms with E-state index in [2.05, 4.69) is 12.2 Å². The quantitative estimate of drug-likeness (QED) is 0.727. The van der Waals surface area contributed by atoms with Crippen LogP contribution in [0.5, 0.6) is 5.75 Å². The fourth-order valence-electron chi connectivity index (χ4n) is 1.48. The van der Waals surface area contributed by atoms with Crippen molar-refractivity contribution in [2.75, 3.05) is 31.4 Å². The highest BCUT2D eigenvalue weighted by atomic mass is 16.5. The number of nitrogens with two attached hydrogens (primary N) is 1. The summed E-state index contributed by atoms with van der Waals surface area (Å²) < 4.78 is 10.5. The fraction of sp³-hybridized carbons (Fsp3) is 0.500. The second-order valence-corrected chi connectivity index (χ2v) is 3.69. The lowest BCUT2D eigenvalue weighted by Crippen LogP contribution is -2.20. The molecule has 90 valence electrons. The summed E-state index contributed by atoms with van der Waals surface area (Å²) in [4.78, 5) is 0. The molecule has 0 bridgehead atoms. The minimum atomic E-state index is 0.253. The molecule has 4 heteroatoms. The average molecular weight is 224 g/mol. The van der Waals surface area contributed by atoms with E-state index in [0.29, 0.717) is 18.9 Å². The van der Waals surface area contributed by atoms with Gasteiger partial charge in [-0.15, -0.1) is 0 Å². The summed E-state index contributed by atoms with van der Waals surface area (Å²) in [5.41, 5.74) is 7.43. The second-order valence-electron chi connectivity index (χ2n) is 3.69. The largest absolute Gasteiger partial charge is 0.492 e. The Morgan fingerprint density at radius 1 is 1.44 bits per heavy atom.